The average molecular weight is 335 g/mol. The fraction of sp³-hybridized carbons (Fsp3) is 0.647. The van der Waals surface area contributed by atoms with Crippen LogP contribution in [-0.2, 0) is 12.8 Å². The molecular formula is C17H22N2OS2. The number of hydrogen-bond acceptors (Lipinski definition) is 4. The predicted molar refractivity (Wildman–Crippen MR) is 94.4 cm³/mol. The Kier molecular flexibility index (Phi) is 4.03. The van der Waals surface area contributed by atoms with E-state index >= 15 is 0 Å². The van der Waals surface area contributed by atoms with Crippen LogP contribution in [0.25, 0.3) is 10.2 Å². The van der Waals surface area contributed by atoms with Crippen molar-refractivity contribution in [2.45, 2.75) is 69.5 Å². The van der Waals surface area contributed by atoms with Crippen molar-refractivity contribution in [3.05, 3.63) is 20.8 Å². The fourth-order valence-electron chi connectivity index (χ4n) is 3.93. The van der Waals surface area contributed by atoms with E-state index < -0.39 is 0 Å². The van der Waals surface area contributed by atoms with E-state index in [0.717, 1.165) is 46.8 Å². The van der Waals surface area contributed by atoms with Gasteiger partial charge in [-0.3, -0.25) is 9.36 Å². The van der Waals surface area contributed by atoms with Crippen molar-refractivity contribution in [3.63, 3.8) is 0 Å². The summed E-state index contributed by atoms with van der Waals surface area (Å²) in [5.74, 6) is 0.968. The molecule has 118 valence electrons. The number of aryl methyl sites for hydroxylation is 2. The molecule has 1 fully saturated rings. The Bertz CT molecular complexity index is 756. The minimum atomic E-state index is 0.243. The van der Waals surface area contributed by atoms with E-state index in [9.17, 15) is 4.79 Å². The molecule has 2 aliphatic carbocycles. The van der Waals surface area contributed by atoms with Crippen LogP contribution in [0.4, 0.5) is 0 Å². The molecule has 0 spiro atoms. The monoisotopic (exact) mass is 334 g/mol. The second kappa shape index (κ2) is 6.00. The van der Waals surface area contributed by atoms with Crippen LogP contribution in [0.15, 0.2) is 9.95 Å². The van der Waals surface area contributed by atoms with Crippen LogP contribution >= 0.6 is 23.1 Å². The molecule has 0 radical (unpaired) electrons. The topological polar surface area (TPSA) is 34.9 Å². The fourth-order valence-corrected chi connectivity index (χ4v) is 6.02. The van der Waals surface area contributed by atoms with Crippen LogP contribution in [0.2, 0.25) is 0 Å². The molecule has 0 atom stereocenters. The zero-order chi connectivity index (χ0) is 15.1. The Balaban J connectivity index is 1.93. The van der Waals surface area contributed by atoms with E-state index in [1.807, 2.05) is 0 Å². The van der Waals surface area contributed by atoms with Gasteiger partial charge in [-0.2, -0.15) is 0 Å². The summed E-state index contributed by atoms with van der Waals surface area (Å²) < 4.78 is 2.06. The molecule has 5 heteroatoms. The van der Waals surface area contributed by atoms with Gasteiger partial charge in [-0.25, -0.2) is 4.98 Å². The van der Waals surface area contributed by atoms with Gasteiger partial charge in [0.15, 0.2) is 5.16 Å². The maximum Gasteiger partial charge on any atom is 0.263 e. The predicted octanol–water partition coefficient (Wildman–Crippen LogP) is 4.56. The highest BCUT2D eigenvalue weighted by molar-refractivity contribution is 7.99. The van der Waals surface area contributed by atoms with E-state index in [4.69, 9.17) is 4.98 Å². The Hall–Kier alpha value is -0.810. The minimum absolute atomic E-state index is 0.243. The molecule has 0 unspecified atom stereocenters. The van der Waals surface area contributed by atoms with Crippen molar-refractivity contribution < 1.29 is 0 Å². The van der Waals surface area contributed by atoms with E-state index in [-0.39, 0.29) is 5.56 Å². The van der Waals surface area contributed by atoms with E-state index in [1.54, 1.807) is 23.1 Å². The summed E-state index contributed by atoms with van der Waals surface area (Å²) in [7, 11) is 0. The molecule has 0 bridgehead atoms. The molecule has 2 aliphatic rings. The molecule has 0 N–H and O–H groups in total. The lowest BCUT2D eigenvalue weighted by Crippen LogP contribution is -2.29. The van der Waals surface area contributed by atoms with E-state index in [2.05, 4.69) is 11.5 Å². The number of hydrogen-bond donors (Lipinski definition) is 0. The number of rotatable bonds is 3. The van der Waals surface area contributed by atoms with Gasteiger partial charge in [0.1, 0.15) is 4.83 Å². The molecule has 1 saturated carbocycles. The smallest absolute Gasteiger partial charge is 0.263 e. The normalized spacial score (nSPS) is 19.0. The molecule has 2 heterocycles. The number of fused-ring (bicyclic) bond motifs is 3. The van der Waals surface area contributed by atoms with Crippen molar-refractivity contribution in [2.75, 3.05) is 5.75 Å². The Labute approximate surface area is 139 Å². The lowest BCUT2D eigenvalue weighted by atomic mass is 9.95. The first kappa shape index (κ1) is 14.8. The van der Waals surface area contributed by atoms with Crippen molar-refractivity contribution in [3.8, 4) is 0 Å². The summed E-state index contributed by atoms with van der Waals surface area (Å²) in [5, 5.41) is 1.90. The molecule has 22 heavy (non-hydrogen) atoms. The maximum atomic E-state index is 13.3. The summed E-state index contributed by atoms with van der Waals surface area (Å²) >= 11 is 3.48. The van der Waals surface area contributed by atoms with Gasteiger partial charge in [0.05, 0.1) is 5.39 Å². The van der Waals surface area contributed by atoms with Crippen molar-refractivity contribution in [1.82, 2.24) is 9.55 Å². The molecular weight excluding hydrogens is 312 g/mol. The number of nitrogens with zero attached hydrogens (tertiary/aromatic N) is 2. The molecule has 0 aromatic carbocycles. The summed E-state index contributed by atoms with van der Waals surface area (Å²) in [4.78, 5) is 20.6. The van der Waals surface area contributed by atoms with Crippen LogP contribution in [0.3, 0.4) is 0 Å². The maximum absolute atomic E-state index is 13.3. The van der Waals surface area contributed by atoms with Crippen LogP contribution < -0.4 is 5.56 Å². The zero-order valence-corrected chi connectivity index (χ0v) is 14.7. The molecule has 0 saturated heterocycles. The van der Waals surface area contributed by atoms with Gasteiger partial charge in [0.25, 0.3) is 5.56 Å². The summed E-state index contributed by atoms with van der Waals surface area (Å²) in [6, 6.07) is 0.365. The largest absolute Gasteiger partial charge is 0.284 e. The summed E-state index contributed by atoms with van der Waals surface area (Å²) in [5.41, 5.74) is 1.56. The Morgan fingerprint density at radius 2 is 2.05 bits per heavy atom. The molecule has 2 aromatic heterocycles. The number of thioether (sulfide) groups is 1. The first-order chi connectivity index (χ1) is 10.8. The molecule has 0 amide bonds. The van der Waals surface area contributed by atoms with Gasteiger partial charge < -0.3 is 0 Å². The molecule has 2 aromatic rings. The standard InChI is InChI=1S/C17H22N2OS2/c1-2-21-17-18-15-14(12-9-6-10-13(12)22-15)16(20)19(17)11-7-4-3-5-8-11/h11H,2-10H2,1H3. The quantitative estimate of drug-likeness (QED) is 0.609. The first-order valence-corrected chi connectivity index (χ1v) is 10.3. The molecule has 4 rings (SSSR count). The van der Waals surface area contributed by atoms with Gasteiger partial charge in [-0.15, -0.1) is 11.3 Å². The van der Waals surface area contributed by atoms with Crippen LogP contribution in [0.5, 0.6) is 0 Å². The summed E-state index contributed by atoms with van der Waals surface area (Å²) in [6.45, 7) is 2.14. The van der Waals surface area contributed by atoms with E-state index in [1.165, 1.54) is 36.1 Å². The van der Waals surface area contributed by atoms with Crippen LogP contribution in [0, 0.1) is 0 Å². The third-order valence-corrected chi connectivity index (χ3v) is 6.97. The first-order valence-electron chi connectivity index (χ1n) is 8.49. The second-order valence-corrected chi connectivity index (χ2v) is 8.65. The third kappa shape index (κ3) is 2.33. The highest BCUT2D eigenvalue weighted by atomic mass is 32.2. The van der Waals surface area contributed by atoms with Gasteiger partial charge in [0, 0.05) is 10.9 Å². The Morgan fingerprint density at radius 3 is 2.82 bits per heavy atom. The highest BCUT2D eigenvalue weighted by Gasteiger charge is 2.26. The van der Waals surface area contributed by atoms with Crippen molar-refractivity contribution in [1.29, 1.82) is 0 Å². The van der Waals surface area contributed by atoms with Crippen LogP contribution in [-0.4, -0.2) is 15.3 Å². The van der Waals surface area contributed by atoms with Gasteiger partial charge in [-0.1, -0.05) is 37.9 Å². The van der Waals surface area contributed by atoms with Crippen LogP contribution in [0.1, 0.15) is 61.9 Å². The second-order valence-electron chi connectivity index (χ2n) is 6.33. The Morgan fingerprint density at radius 1 is 1.23 bits per heavy atom. The van der Waals surface area contributed by atoms with Crippen molar-refractivity contribution >= 4 is 33.3 Å². The number of thiophene rings is 1. The lowest BCUT2D eigenvalue weighted by molar-refractivity contribution is 0.326. The van der Waals surface area contributed by atoms with Gasteiger partial charge in [-0.05, 0) is 43.4 Å². The average Bonchev–Trinajstić information content (AvgIpc) is 3.09. The third-order valence-electron chi connectivity index (χ3n) is 4.95. The SMILES string of the molecule is CCSc1nc2sc3c(c2c(=O)n1C1CCCCC1)CCC3. The molecule has 3 nitrogen and oxygen atoms in total. The number of aromatic nitrogens is 2. The van der Waals surface area contributed by atoms with Gasteiger partial charge >= 0.3 is 0 Å². The van der Waals surface area contributed by atoms with Gasteiger partial charge in [0.2, 0.25) is 0 Å². The zero-order valence-electron chi connectivity index (χ0n) is 13.1. The summed E-state index contributed by atoms with van der Waals surface area (Å²) in [6.07, 6.45) is 9.47. The highest BCUT2D eigenvalue weighted by Crippen LogP contribution is 2.37. The lowest BCUT2D eigenvalue weighted by Gasteiger charge is -2.25. The minimum Gasteiger partial charge on any atom is -0.284 e. The molecule has 0 aliphatic heterocycles. The van der Waals surface area contributed by atoms with E-state index in [0.29, 0.717) is 6.04 Å². The van der Waals surface area contributed by atoms with Crippen molar-refractivity contribution in [2.24, 2.45) is 0 Å².